The third kappa shape index (κ3) is 3.94. The number of benzene rings is 1. The first-order valence-electron chi connectivity index (χ1n) is 8.71. The summed E-state index contributed by atoms with van der Waals surface area (Å²) in [5, 5.41) is 12.1. The van der Waals surface area contributed by atoms with Gasteiger partial charge in [-0.05, 0) is 68.0 Å². The molecule has 3 rings (SSSR count). The quantitative estimate of drug-likeness (QED) is 0.541. The number of anilines is 1. The molecule has 0 radical (unpaired) electrons. The van der Waals surface area contributed by atoms with Crippen molar-refractivity contribution in [1.29, 1.82) is 5.26 Å². The third-order valence-electron chi connectivity index (χ3n) is 4.37. The van der Waals surface area contributed by atoms with Crippen molar-refractivity contribution in [2.45, 2.75) is 13.8 Å². The van der Waals surface area contributed by atoms with Crippen LogP contribution in [0, 0.1) is 25.2 Å². The Kier molecular flexibility index (Phi) is 5.56. The molecule has 0 saturated heterocycles. The van der Waals surface area contributed by atoms with Crippen molar-refractivity contribution in [2.75, 3.05) is 12.4 Å². The van der Waals surface area contributed by atoms with Gasteiger partial charge in [0, 0.05) is 23.3 Å². The van der Waals surface area contributed by atoms with Crippen LogP contribution in [0.5, 0.6) is 5.75 Å². The molecule has 3 aromatic rings. The molecule has 2 aromatic heterocycles. The van der Waals surface area contributed by atoms with E-state index >= 15 is 0 Å². The van der Waals surface area contributed by atoms with Crippen molar-refractivity contribution in [1.82, 2.24) is 9.55 Å². The molecule has 140 valence electrons. The summed E-state index contributed by atoms with van der Waals surface area (Å²) >= 11 is 0. The Hall–Kier alpha value is -3.85. The monoisotopic (exact) mass is 372 g/mol. The van der Waals surface area contributed by atoms with Gasteiger partial charge in [-0.25, -0.2) is 4.98 Å². The smallest absolute Gasteiger partial charge is 0.267 e. The highest BCUT2D eigenvalue weighted by Gasteiger charge is 2.14. The number of aryl methyl sites for hydroxylation is 1. The summed E-state index contributed by atoms with van der Waals surface area (Å²) in [5.74, 6) is 0.692. The van der Waals surface area contributed by atoms with Gasteiger partial charge in [0.1, 0.15) is 23.2 Å². The number of nitrogens with zero attached hydrogens (tertiary/aromatic N) is 3. The van der Waals surface area contributed by atoms with Crippen LogP contribution in [-0.4, -0.2) is 22.6 Å². The summed E-state index contributed by atoms with van der Waals surface area (Å²) in [5.41, 5.74) is 3.73. The van der Waals surface area contributed by atoms with E-state index in [0.29, 0.717) is 5.82 Å². The van der Waals surface area contributed by atoms with Crippen molar-refractivity contribution < 1.29 is 9.53 Å². The number of ether oxygens (including phenoxy) is 1. The third-order valence-corrected chi connectivity index (χ3v) is 4.37. The Balaban J connectivity index is 1.92. The summed E-state index contributed by atoms with van der Waals surface area (Å²) in [6, 6.07) is 16.8. The fourth-order valence-corrected chi connectivity index (χ4v) is 2.99. The van der Waals surface area contributed by atoms with Crippen LogP contribution in [0.15, 0.2) is 60.3 Å². The summed E-state index contributed by atoms with van der Waals surface area (Å²) in [7, 11) is 1.63. The Bertz CT molecular complexity index is 1060. The molecule has 2 heterocycles. The Morgan fingerprint density at radius 2 is 1.96 bits per heavy atom. The van der Waals surface area contributed by atoms with Gasteiger partial charge in [0.25, 0.3) is 5.91 Å². The minimum absolute atomic E-state index is 0.0145. The van der Waals surface area contributed by atoms with Gasteiger partial charge in [-0.15, -0.1) is 0 Å². The SMILES string of the molecule is COc1ccc(-n2c(C)cc(C=C(C#N)C(=O)Nc3ccccn3)c2C)cc1. The van der Waals surface area contributed by atoms with E-state index < -0.39 is 5.91 Å². The maximum absolute atomic E-state index is 12.4. The second-order valence-corrected chi connectivity index (χ2v) is 6.20. The van der Waals surface area contributed by atoms with E-state index in [1.54, 1.807) is 37.6 Å². The Morgan fingerprint density at radius 3 is 2.57 bits per heavy atom. The van der Waals surface area contributed by atoms with Gasteiger partial charge >= 0.3 is 0 Å². The molecule has 1 N–H and O–H groups in total. The molecule has 0 atom stereocenters. The first-order chi connectivity index (χ1) is 13.5. The molecule has 28 heavy (non-hydrogen) atoms. The minimum atomic E-state index is -0.490. The summed E-state index contributed by atoms with van der Waals surface area (Å²) in [4.78, 5) is 16.5. The highest BCUT2D eigenvalue weighted by Crippen LogP contribution is 2.24. The number of aromatic nitrogens is 2. The first kappa shape index (κ1) is 18.9. The van der Waals surface area contributed by atoms with Crippen LogP contribution < -0.4 is 10.1 Å². The van der Waals surface area contributed by atoms with Crippen LogP contribution in [0.1, 0.15) is 17.0 Å². The Morgan fingerprint density at radius 1 is 1.21 bits per heavy atom. The lowest BCUT2D eigenvalue weighted by atomic mass is 10.1. The maximum Gasteiger partial charge on any atom is 0.267 e. The number of carbonyl (C=O) groups is 1. The van der Waals surface area contributed by atoms with E-state index in [0.717, 1.165) is 28.4 Å². The number of nitriles is 1. The van der Waals surface area contributed by atoms with E-state index in [2.05, 4.69) is 14.9 Å². The zero-order chi connectivity index (χ0) is 20.1. The molecule has 0 unspecified atom stereocenters. The van der Waals surface area contributed by atoms with Crippen LogP contribution in [0.25, 0.3) is 11.8 Å². The number of pyridine rings is 1. The summed E-state index contributed by atoms with van der Waals surface area (Å²) in [6.45, 7) is 3.93. The zero-order valence-corrected chi connectivity index (χ0v) is 15.9. The highest BCUT2D eigenvalue weighted by molar-refractivity contribution is 6.09. The van der Waals surface area contributed by atoms with Crippen LogP contribution in [0.2, 0.25) is 0 Å². The van der Waals surface area contributed by atoms with Gasteiger partial charge in [0.2, 0.25) is 0 Å². The zero-order valence-electron chi connectivity index (χ0n) is 15.9. The minimum Gasteiger partial charge on any atom is -0.497 e. The van der Waals surface area contributed by atoms with E-state index in [-0.39, 0.29) is 5.57 Å². The number of hydrogen-bond acceptors (Lipinski definition) is 4. The van der Waals surface area contributed by atoms with Crippen molar-refractivity contribution in [2.24, 2.45) is 0 Å². The molecule has 1 aromatic carbocycles. The average molecular weight is 372 g/mol. The number of nitrogens with one attached hydrogen (secondary N) is 1. The molecule has 6 nitrogen and oxygen atoms in total. The van der Waals surface area contributed by atoms with Crippen molar-refractivity contribution in [3.8, 4) is 17.5 Å². The lowest BCUT2D eigenvalue weighted by Crippen LogP contribution is -2.14. The first-order valence-corrected chi connectivity index (χ1v) is 8.71. The number of hydrogen-bond donors (Lipinski definition) is 1. The molecule has 1 amide bonds. The Labute approximate surface area is 163 Å². The summed E-state index contributed by atoms with van der Waals surface area (Å²) in [6.07, 6.45) is 3.18. The lowest BCUT2D eigenvalue weighted by molar-refractivity contribution is -0.112. The van der Waals surface area contributed by atoms with Crippen molar-refractivity contribution in [3.05, 3.63) is 77.3 Å². The van der Waals surface area contributed by atoms with Crippen LogP contribution in [0.4, 0.5) is 5.82 Å². The normalized spacial score (nSPS) is 11.0. The maximum atomic E-state index is 12.4. The molecule has 0 spiro atoms. The van der Waals surface area contributed by atoms with Crippen LogP contribution in [-0.2, 0) is 4.79 Å². The molecule has 0 fully saturated rings. The van der Waals surface area contributed by atoms with Gasteiger partial charge in [0.05, 0.1) is 7.11 Å². The van der Waals surface area contributed by atoms with Gasteiger partial charge < -0.3 is 14.6 Å². The van der Waals surface area contributed by atoms with E-state index in [1.165, 1.54) is 0 Å². The predicted molar refractivity (Wildman–Crippen MR) is 108 cm³/mol. The standard InChI is InChI=1S/C22H20N4O2/c1-15-12-17(16(2)26(15)19-7-9-20(28-3)10-8-19)13-18(14-23)22(27)25-21-6-4-5-11-24-21/h4-13H,1-3H3,(H,24,25,27). The molecule has 0 aliphatic rings. The largest absolute Gasteiger partial charge is 0.497 e. The molecule has 0 bridgehead atoms. The number of carbonyl (C=O) groups excluding carboxylic acids is 1. The van der Waals surface area contributed by atoms with Crippen LogP contribution >= 0.6 is 0 Å². The molecule has 0 saturated carbocycles. The van der Waals surface area contributed by atoms with Crippen molar-refractivity contribution in [3.63, 3.8) is 0 Å². The predicted octanol–water partition coefficient (Wildman–Crippen LogP) is 4.04. The molecule has 0 aliphatic carbocycles. The van der Waals surface area contributed by atoms with E-state index in [1.807, 2.05) is 50.2 Å². The van der Waals surface area contributed by atoms with Gasteiger partial charge in [-0.2, -0.15) is 5.26 Å². The van der Waals surface area contributed by atoms with Gasteiger partial charge in [0.15, 0.2) is 0 Å². The summed E-state index contributed by atoms with van der Waals surface area (Å²) < 4.78 is 7.28. The van der Waals surface area contributed by atoms with E-state index in [4.69, 9.17) is 4.74 Å². The highest BCUT2D eigenvalue weighted by atomic mass is 16.5. The second kappa shape index (κ2) is 8.23. The lowest BCUT2D eigenvalue weighted by Gasteiger charge is -2.10. The fourth-order valence-electron chi connectivity index (χ4n) is 2.99. The fraction of sp³-hybridized carbons (Fsp3) is 0.136. The molecular weight excluding hydrogens is 352 g/mol. The molecule has 0 aliphatic heterocycles. The van der Waals surface area contributed by atoms with Crippen LogP contribution in [0.3, 0.4) is 0 Å². The number of rotatable bonds is 5. The number of amides is 1. The van der Waals surface area contributed by atoms with Crippen molar-refractivity contribution >= 4 is 17.8 Å². The van der Waals surface area contributed by atoms with Gasteiger partial charge in [-0.1, -0.05) is 6.07 Å². The molecular formula is C22H20N4O2. The average Bonchev–Trinajstić information content (AvgIpc) is 3.00. The van der Waals surface area contributed by atoms with E-state index in [9.17, 15) is 10.1 Å². The molecule has 6 heteroatoms. The second-order valence-electron chi connectivity index (χ2n) is 6.20. The number of methoxy groups -OCH3 is 1. The topological polar surface area (TPSA) is 79.9 Å². The van der Waals surface area contributed by atoms with Gasteiger partial charge in [-0.3, -0.25) is 4.79 Å².